The summed E-state index contributed by atoms with van der Waals surface area (Å²) in [5.41, 5.74) is 0. The van der Waals surface area contributed by atoms with Gasteiger partial charge in [-0.05, 0) is 57.8 Å². The SMILES string of the molecule is CC/C=C\C/C=C\C/C=C\C/C=C\C/C=C\C/C=C\CCC(=O)CCCSSCCNC(=O)CCC.O=C=O. The molecule has 0 rings (SSSR count). The highest BCUT2D eigenvalue weighted by Gasteiger charge is 2.01. The number of hydrogen-bond donors (Lipinski definition) is 1. The minimum absolute atomic E-state index is 0.139. The minimum atomic E-state index is 0.139. The molecule has 0 aromatic rings. The van der Waals surface area contributed by atoms with Gasteiger partial charge in [-0.2, -0.15) is 9.59 Å². The van der Waals surface area contributed by atoms with Crippen molar-refractivity contribution in [2.24, 2.45) is 0 Å². The molecular formula is C32H49NO4S2. The van der Waals surface area contributed by atoms with Crippen LogP contribution < -0.4 is 5.32 Å². The van der Waals surface area contributed by atoms with E-state index in [9.17, 15) is 9.59 Å². The Morgan fingerprint density at radius 2 is 1.10 bits per heavy atom. The van der Waals surface area contributed by atoms with Crippen molar-refractivity contribution in [2.75, 3.05) is 18.1 Å². The molecule has 0 fully saturated rings. The maximum Gasteiger partial charge on any atom is 0.373 e. The number of ketones is 1. The highest BCUT2D eigenvalue weighted by atomic mass is 33.1. The lowest BCUT2D eigenvalue weighted by Crippen LogP contribution is -2.24. The Hall–Kier alpha value is -2.34. The molecule has 0 unspecified atom stereocenters. The van der Waals surface area contributed by atoms with E-state index in [4.69, 9.17) is 9.59 Å². The van der Waals surface area contributed by atoms with Crippen molar-refractivity contribution in [1.29, 1.82) is 0 Å². The molecule has 1 N–H and O–H groups in total. The van der Waals surface area contributed by atoms with Crippen molar-refractivity contribution in [3.63, 3.8) is 0 Å². The lowest BCUT2D eigenvalue weighted by molar-refractivity contribution is -0.191. The Kier molecular flexibility index (Phi) is 35.5. The molecule has 0 bridgehead atoms. The van der Waals surface area contributed by atoms with E-state index in [1.807, 2.05) is 6.92 Å². The zero-order chi connectivity index (χ0) is 29.1. The van der Waals surface area contributed by atoms with Gasteiger partial charge in [0.2, 0.25) is 5.91 Å². The molecule has 0 aromatic carbocycles. The number of allylic oxidation sites excluding steroid dienone is 12. The van der Waals surface area contributed by atoms with Crippen LogP contribution >= 0.6 is 21.6 Å². The standard InChI is InChI=1S/C31H49NO2S2.CO2/c1-3-5-6-7-8-9-10-11-12-13-14-15-16-17-18-19-20-21-22-25-30(33)26-23-28-35-36-29-27-32-31(34)24-4-2;2-1-3/h5-6,8-9,11-12,14-15,17-18,20-21H,3-4,7,10,13,16,19,22-29H2,1-2H3,(H,32,34);/b6-5-,9-8-,12-11-,15-14-,18-17-,21-20-;. The molecule has 0 aliphatic heterocycles. The van der Waals surface area contributed by atoms with Crippen molar-refractivity contribution in [2.45, 2.75) is 90.9 Å². The van der Waals surface area contributed by atoms with Crippen LogP contribution in [0.5, 0.6) is 0 Å². The maximum atomic E-state index is 12.0. The molecule has 0 spiro atoms. The summed E-state index contributed by atoms with van der Waals surface area (Å²) in [7, 11) is 3.56. The quantitative estimate of drug-likeness (QED) is 0.0706. The molecule has 218 valence electrons. The first-order chi connectivity index (χ1) is 19.1. The number of carbonyl (C=O) groups is 2. The number of nitrogens with one attached hydrogen (secondary N) is 1. The number of hydrogen-bond acceptors (Lipinski definition) is 6. The molecule has 0 saturated heterocycles. The first kappa shape index (κ1) is 38.8. The molecule has 39 heavy (non-hydrogen) atoms. The molecule has 0 heterocycles. The fourth-order valence-electron chi connectivity index (χ4n) is 3.00. The molecule has 0 radical (unpaired) electrons. The molecule has 5 nitrogen and oxygen atoms in total. The van der Waals surface area contributed by atoms with E-state index in [1.165, 1.54) is 0 Å². The van der Waals surface area contributed by atoms with Gasteiger partial charge < -0.3 is 5.32 Å². The zero-order valence-electron chi connectivity index (χ0n) is 24.0. The van der Waals surface area contributed by atoms with Crippen LogP contribution in [0.25, 0.3) is 0 Å². The monoisotopic (exact) mass is 575 g/mol. The van der Waals surface area contributed by atoms with Gasteiger partial charge in [-0.15, -0.1) is 0 Å². The zero-order valence-corrected chi connectivity index (χ0v) is 25.6. The van der Waals surface area contributed by atoms with E-state index in [0.717, 1.165) is 75.8 Å². The highest BCUT2D eigenvalue weighted by Crippen LogP contribution is 2.22. The predicted octanol–water partition coefficient (Wildman–Crippen LogP) is 8.53. The van der Waals surface area contributed by atoms with E-state index in [2.05, 4.69) is 85.2 Å². The first-order valence-electron chi connectivity index (χ1n) is 14.0. The van der Waals surface area contributed by atoms with E-state index in [-0.39, 0.29) is 12.1 Å². The van der Waals surface area contributed by atoms with E-state index in [0.29, 0.717) is 25.0 Å². The summed E-state index contributed by atoms with van der Waals surface area (Å²) >= 11 is 0. The smallest absolute Gasteiger partial charge is 0.355 e. The van der Waals surface area contributed by atoms with E-state index in [1.54, 1.807) is 21.6 Å². The molecule has 7 heteroatoms. The van der Waals surface area contributed by atoms with Crippen LogP contribution in [0.15, 0.2) is 72.9 Å². The molecule has 0 aromatic heterocycles. The fourth-order valence-corrected chi connectivity index (χ4v) is 5.00. The van der Waals surface area contributed by atoms with Crippen LogP contribution in [0.2, 0.25) is 0 Å². The third-order valence-corrected chi connectivity index (χ3v) is 7.43. The summed E-state index contributed by atoms with van der Waals surface area (Å²) in [5, 5.41) is 2.91. The van der Waals surface area contributed by atoms with Crippen molar-refractivity contribution in [3.05, 3.63) is 72.9 Å². The normalized spacial score (nSPS) is 11.7. The van der Waals surface area contributed by atoms with Crippen LogP contribution in [0, 0.1) is 0 Å². The van der Waals surface area contributed by atoms with Gasteiger partial charge in [-0.3, -0.25) is 9.59 Å². The summed E-state index contributed by atoms with van der Waals surface area (Å²) < 4.78 is 0. The van der Waals surface area contributed by atoms with Gasteiger partial charge in [-0.1, -0.05) is 108 Å². The maximum absolute atomic E-state index is 12.0. The molecule has 0 aliphatic rings. The second kappa shape index (κ2) is 35.7. The summed E-state index contributed by atoms with van der Waals surface area (Å²) in [6.45, 7) is 4.89. The van der Waals surface area contributed by atoms with Crippen LogP contribution in [0.1, 0.15) is 90.9 Å². The van der Waals surface area contributed by atoms with Gasteiger partial charge in [-0.25, -0.2) is 0 Å². The van der Waals surface area contributed by atoms with Crippen LogP contribution in [-0.4, -0.2) is 35.9 Å². The van der Waals surface area contributed by atoms with E-state index >= 15 is 0 Å². The molecule has 0 aliphatic carbocycles. The summed E-state index contributed by atoms with van der Waals surface area (Å²) in [6, 6.07) is 0. The second-order valence-electron chi connectivity index (χ2n) is 8.42. The Bertz CT molecular complexity index is 792. The van der Waals surface area contributed by atoms with Gasteiger partial charge in [0.25, 0.3) is 0 Å². The van der Waals surface area contributed by atoms with Gasteiger partial charge >= 0.3 is 6.15 Å². The lowest BCUT2D eigenvalue weighted by Gasteiger charge is -2.04. The Morgan fingerprint density at radius 1 is 0.641 bits per heavy atom. The Balaban J connectivity index is 0. The Morgan fingerprint density at radius 3 is 1.59 bits per heavy atom. The van der Waals surface area contributed by atoms with Gasteiger partial charge in [0.1, 0.15) is 5.78 Å². The average Bonchev–Trinajstić information content (AvgIpc) is 2.92. The van der Waals surface area contributed by atoms with E-state index < -0.39 is 0 Å². The van der Waals surface area contributed by atoms with Gasteiger partial charge in [0.05, 0.1) is 0 Å². The van der Waals surface area contributed by atoms with Gasteiger partial charge in [0, 0.05) is 37.3 Å². The summed E-state index contributed by atoms with van der Waals surface area (Å²) in [4.78, 5) is 39.6. The summed E-state index contributed by atoms with van der Waals surface area (Å²) in [5.74, 6) is 2.39. The van der Waals surface area contributed by atoms with Gasteiger partial charge in [0.15, 0.2) is 0 Å². The van der Waals surface area contributed by atoms with Crippen LogP contribution in [0.3, 0.4) is 0 Å². The largest absolute Gasteiger partial charge is 0.373 e. The number of rotatable bonds is 24. The predicted molar refractivity (Wildman–Crippen MR) is 170 cm³/mol. The third kappa shape index (κ3) is 37.9. The van der Waals surface area contributed by atoms with Crippen LogP contribution in [-0.2, 0) is 19.2 Å². The van der Waals surface area contributed by atoms with Crippen molar-refractivity contribution in [3.8, 4) is 0 Å². The van der Waals surface area contributed by atoms with Crippen molar-refractivity contribution >= 4 is 39.4 Å². The number of amides is 1. The molecule has 0 atom stereocenters. The third-order valence-electron chi connectivity index (χ3n) is 4.94. The first-order valence-corrected chi connectivity index (χ1v) is 16.5. The average molecular weight is 576 g/mol. The van der Waals surface area contributed by atoms with Crippen LogP contribution in [0.4, 0.5) is 0 Å². The summed E-state index contributed by atoms with van der Waals surface area (Å²) in [6.07, 6.45) is 37.2. The second-order valence-corrected chi connectivity index (χ2v) is 11.1. The Labute approximate surface area is 245 Å². The molecular weight excluding hydrogens is 526 g/mol. The minimum Gasteiger partial charge on any atom is -0.355 e. The molecule has 1 amide bonds. The topological polar surface area (TPSA) is 80.3 Å². The molecule has 0 saturated carbocycles. The number of carbonyl (C=O) groups excluding carboxylic acids is 4. The number of Topliss-reactive ketones (excluding diaryl/α,β-unsaturated/α-hetero) is 1. The lowest BCUT2D eigenvalue weighted by atomic mass is 10.1. The fraction of sp³-hybridized carbons (Fsp3) is 0.531. The van der Waals surface area contributed by atoms with Crippen molar-refractivity contribution in [1.82, 2.24) is 5.32 Å². The highest BCUT2D eigenvalue weighted by molar-refractivity contribution is 8.76. The van der Waals surface area contributed by atoms with Crippen molar-refractivity contribution < 1.29 is 19.2 Å².